The Morgan fingerprint density at radius 1 is 1.15 bits per heavy atom. The molecule has 0 saturated heterocycles. The van der Waals surface area contributed by atoms with Crippen LogP contribution in [0.3, 0.4) is 0 Å². The van der Waals surface area contributed by atoms with Crippen LogP contribution in [-0.4, -0.2) is 30.1 Å². The molecule has 6 nitrogen and oxygen atoms in total. The molecule has 0 aliphatic carbocycles. The van der Waals surface area contributed by atoms with E-state index in [0.29, 0.717) is 28.8 Å². The van der Waals surface area contributed by atoms with E-state index in [1.54, 1.807) is 24.3 Å². The Labute approximate surface area is 156 Å². The van der Waals surface area contributed by atoms with E-state index in [1.165, 1.54) is 11.8 Å². The molecule has 0 spiro atoms. The van der Waals surface area contributed by atoms with E-state index in [1.807, 2.05) is 19.1 Å². The molecular weight excluding hydrogens is 356 g/mol. The molecule has 1 N–H and O–H groups in total. The second-order valence-corrected chi connectivity index (χ2v) is 6.51. The summed E-state index contributed by atoms with van der Waals surface area (Å²) < 4.78 is 10.6. The highest BCUT2D eigenvalue weighted by atomic mass is 35.5. The molecule has 1 aliphatic rings. The first-order valence-electron chi connectivity index (χ1n) is 8.12. The third kappa shape index (κ3) is 4.26. The number of aryl methyl sites for hydroxylation is 1. The van der Waals surface area contributed by atoms with E-state index in [9.17, 15) is 9.59 Å². The molecule has 0 radical (unpaired) electrons. The summed E-state index contributed by atoms with van der Waals surface area (Å²) in [5.41, 5.74) is 2.39. The van der Waals surface area contributed by atoms with Crippen LogP contribution in [0.25, 0.3) is 0 Å². The monoisotopic (exact) mass is 374 g/mol. The molecule has 0 unspecified atom stereocenters. The summed E-state index contributed by atoms with van der Waals surface area (Å²) in [7, 11) is 0. The Bertz CT molecular complexity index is 853. The Hall–Kier alpha value is -2.73. The largest absolute Gasteiger partial charge is 0.454 e. The maximum absolute atomic E-state index is 12.4. The van der Waals surface area contributed by atoms with Crippen molar-refractivity contribution in [1.29, 1.82) is 0 Å². The molecule has 1 heterocycles. The van der Waals surface area contributed by atoms with Crippen molar-refractivity contribution in [2.45, 2.75) is 20.4 Å². The van der Waals surface area contributed by atoms with Crippen LogP contribution in [0.15, 0.2) is 36.4 Å². The lowest BCUT2D eigenvalue weighted by Crippen LogP contribution is -2.36. The second kappa shape index (κ2) is 7.66. The highest BCUT2D eigenvalue weighted by molar-refractivity contribution is 6.30. The number of hydrogen-bond donors (Lipinski definition) is 1. The van der Waals surface area contributed by atoms with Gasteiger partial charge in [0.2, 0.25) is 18.6 Å². The molecule has 0 bridgehead atoms. The number of halogens is 1. The first-order valence-corrected chi connectivity index (χ1v) is 8.50. The summed E-state index contributed by atoms with van der Waals surface area (Å²) in [4.78, 5) is 25.8. The number of nitrogens with zero attached hydrogens (tertiary/aromatic N) is 1. The lowest BCUT2D eigenvalue weighted by molar-refractivity contribution is -0.133. The third-order valence-electron chi connectivity index (χ3n) is 4.05. The molecular formula is C19H19ClN2O4. The number of benzene rings is 2. The van der Waals surface area contributed by atoms with E-state index in [-0.39, 0.29) is 25.2 Å². The van der Waals surface area contributed by atoms with Gasteiger partial charge in [0.05, 0.1) is 0 Å². The zero-order chi connectivity index (χ0) is 18.7. The van der Waals surface area contributed by atoms with Crippen molar-refractivity contribution >= 4 is 29.1 Å². The molecule has 1 aliphatic heterocycles. The molecule has 0 saturated carbocycles. The van der Waals surface area contributed by atoms with Crippen molar-refractivity contribution in [3.05, 3.63) is 52.5 Å². The maximum Gasteiger partial charge on any atom is 0.244 e. The molecule has 0 aromatic heterocycles. The van der Waals surface area contributed by atoms with Gasteiger partial charge in [-0.05, 0) is 48.4 Å². The van der Waals surface area contributed by atoms with E-state index in [0.717, 1.165) is 11.1 Å². The van der Waals surface area contributed by atoms with Crippen molar-refractivity contribution in [3.63, 3.8) is 0 Å². The Kier molecular flexibility index (Phi) is 5.32. The lowest BCUT2D eigenvalue weighted by atomic mass is 10.2. The molecule has 26 heavy (non-hydrogen) atoms. The van der Waals surface area contributed by atoms with Crippen LogP contribution in [0.4, 0.5) is 5.69 Å². The van der Waals surface area contributed by atoms with E-state index in [2.05, 4.69) is 5.32 Å². The van der Waals surface area contributed by atoms with Crippen LogP contribution in [0.1, 0.15) is 18.1 Å². The molecule has 7 heteroatoms. The van der Waals surface area contributed by atoms with Crippen LogP contribution < -0.4 is 14.8 Å². The van der Waals surface area contributed by atoms with Crippen molar-refractivity contribution in [2.24, 2.45) is 0 Å². The average molecular weight is 375 g/mol. The average Bonchev–Trinajstić information content (AvgIpc) is 3.04. The number of carbonyl (C=O) groups is 2. The number of anilines is 1. The Morgan fingerprint density at radius 2 is 1.92 bits per heavy atom. The van der Waals surface area contributed by atoms with Crippen LogP contribution >= 0.6 is 11.6 Å². The predicted molar refractivity (Wildman–Crippen MR) is 98.5 cm³/mol. The third-order valence-corrected chi connectivity index (χ3v) is 4.29. The number of fused-ring (bicyclic) bond motifs is 1. The quantitative estimate of drug-likeness (QED) is 0.871. The van der Waals surface area contributed by atoms with Gasteiger partial charge in [-0.15, -0.1) is 0 Å². The van der Waals surface area contributed by atoms with Gasteiger partial charge in [0.15, 0.2) is 11.5 Å². The highest BCUT2D eigenvalue weighted by Crippen LogP contribution is 2.32. The molecule has 2 aromatic carbocycles. The highest BCUT2D eigenvalue weighted by Gasteiger charge is 2.18. The molecule has 2 amide bonds. The summed E-state index contributed by atoms with van der Waals surface area (Å²) in [6.07, 6.45) is 0. The number of ether oxygens (including phenoxy) is 2. The summed E-state index contributed by atoms with van der Waals surface area (Å²) in [6.45, 7) is 3.74. The van der Waals surface area contributed by atoms with Crippen molar-refractivity contribution in [1.82, 2.24) is 4.90 Å². The lowest BCUT2D eigenvalue weighted by Gasteiger charge is -2.21. The van der Waals surface area contributed by atoms with Gasteiger partial charge in [-0.2, -0.15) is 0 Å². The molecule has 136 valence electrons. The fourth-order valence-corrected chi connectivity index (χ4v) is 2.90. The zero-order valence-corrected chi connectivity index (χ0v) is 15.3. The van der Waals surface area contributed by atoms with E-state index >= 15 is 0 Å². The van der Waals surface area contributed by atoms with Crippen LogP contribution in [0.2, 0.25) is 5.02 Å². The summed E-state index contributed by atoms with van der Waals surface area (Å²) in [5, 5.41) is 3.42. The minimum atomic E-state index is -0.272. The first-order chi connectivity index (χ1) is 12.4. The first kappa shape index (κ1) is 18.1. The topological polar surface area (TPSA) is 67.9 Å². The normalized spacial score (nSPS) is 12.0. The van der Waals surface area contributed by atoms with Gasteiger partial charge in [0.1, 0.15) is 6.54 Å². The smallest absolute Gasteiger partial charge is 0.244 e. The number of carbonyl (C=O) groups excluding carboxylic acids is 2. The fourth-order valence-electron chi connectivity index (χ4n) is 2.67. The fraction of sp³-hybridized carbons (Fsp3) is 0.263. The van der Waals surface area contributed by atoms with Crippen molar-refractivity contribution in [2.75, 3.05) is 18.7 Å². The van der Waals surface area contributed by atoms with Gasteiger partial charge < -0.3 is 19.7 Å². The molecule has 3 rings (SSSR count). The minimum Gasteiger partial charge on any atom is -0.454 e. The minimum absolute atomic E-state index is 0.0498. The summed E-state index contributed by atoms with van der Waals surface area (Å²) in [5.74, 6) is 0.864. The number of nitrogens with one attached hydrogen (secondary N) is 1. The van der Waals surface area contributed by atoms with E-state index in [4.69, 9.17) is 21.1 Å². The molecule has 0 fully saturated rings. The van der Waals surface area contributed by atoms with Crippen molar-refractivity contribution in [3.8, 4) is 11.5 Å². The maximum atomic E-state index is 12.4. The van der Waals surface area contributed by atoms with Crippen LogP contribution in [-0.2, 0) is 16.1 Å². The number of amides is 2. The Morgan fingerprint density at radius 3 is 2.65 bits per heavy atom. The SMILES string of the molecule is CC(=O)N(CC(=O)Nc1ccc(Cl)cc1C)Cc1ccc2c(c1)OCO2. The zero-order valence-electron chi connectivity index (χ0n) is 14.5. The Balaban J connectivity index is 1.66. The van der Waals surface area contributed by atoms with Crippen LogP contribution in [0, 0.1) is 6.92 Å². The standard InChI is InChI=1S/C19H19ClN2O4/c1-12-7-15(20)4-5-16(12)21-19(24)10-22(13(2)23)9-14-3-6-17-18(8-14)26-11-25-17/h3-8H,9-11H2,1-2H3,(H,21,24). The van der Waals surface area contributed by atoms with Crippen LogP contribution in [0.5, 0.6) is 11.5 Å². The van der Waals surface area contributed by atoms with Gasteiger partial charge in [0.25, 0.3) is 0 Å². The second-order valence-electron chi connectivity index (χ2n) is 6.07. The van der Waals surface area contributed by atoms with Gasteiger partial charge in [0, 0.05) is 24.2 Å². The van der Waals surface area contributed by atoms with E-state index < -0.39 is 0 Å². The van der Waals surface area contributed by atoms with Gasteiger partial charge in [-0.25, -0.2) is 0 Å². The van der Waals surface area contributed by atoms with Gasteiger partial charge in [-0.1, -0.05) is 17.7 Å². The van der Waals surface area contributed by atoms with Crippen molar-refractivity contribution < 1.29 is 19.1 Å². The molecule has 2 aromatic rings. The number of rotatable bonds is 5. The number of hydrogen-bond acceptors (Lipinski definition) is 4. The van der Waals surface area contributed by atoms with Gasteiger partial charge >= 0.3 is 0 Å². The molecule has 0 atom stereocenters. The summed E-state index contributed by atoms with van der Waals surface area (Å²) in [6, 6.07) is 10.7. The van der Waals surface area contributed by atoms with Gasteiger partial charge in [-0.3, -0.25) is 9.59 Å². The summed E-state index contributed by atoms with van der Waals surface area (Å²) >= 11 is 5.93. The predicted octanol–water partition coefficient (Wildman–Crippen LogP) is 3.36.